The molecule has 0 bridgehead atoms. The van der Waals surface area contributed by atoms with Crippen LogP contribution in [-0.4, -0.2) is 15.6 Å². The van der Waals surface area contributed by atoms with E-state index in [1.54, 1.807) is 0 Å². The number of halogens is 1. The largest absolute Gasteiger partial charge is 0.344 e. The van der Waals surface area contributed by atoms with Crippen molar-refractivity contribution in [2.24, 2.45) is 0 Å². The molecule has 1 aromatic carbocycles. The van der Waals surface area contributed by atoms with Crippen molar-refractivity contribution in [3.63, 3.8) is 0 Å². The van der Waals surface area contributed by atoms with Gasteiger partial charge in [-0.15, -0.1) is 0 Å². The molecule has 4 heteroatoms. The van der Waals surface area contributed by atoms with Crippen LogP contribution in [0.4, 0.5) is 5.69 Å². The number of rotatable bonds is 7. The molecule has 2 atom stereocenters. The number of nitrogens with zero attached hydrogens (tertiary/aromatic N) is 1. The first-order valence-corrected chi connectivity index (χ1v) is 8.81. The molecule has 0 amide bonds. The van der Waals surface area contributed by atoms with Crippen LogP contribution in [0.5, 0.6) is 0 Å². The molecule has 19 heavy (non-hydrogen) atoms. The van der Waals surface area contributed by atoms with E-state index in [4.69, 9.17) is 11.6 Å². The molecule has 0 radical (unpaired) electrons. The van der Waals surface area contributed by atoms with Crippen LogP contribution in [0.3, 0.4) is 0 Å². The Hall–Kier alpha value is -0.540. The summed E-state index contributed by atoms with van der Waals surface area (Å²) in [6.07, 6.45) is 7.58. The second-order valence-electron chi connectivity index (χ2n) is 5.02. The molecular weight excluding hydrogens is 278 g/mol. The van der Waals surface area contributed by atoms with E-state index in [2.05, 4.69) is 11.8 Å². The summed E-state index contributed by atoms with van der Waals surface area (Å²) in [5.74, 6) is 0. The predicted octanol–water partition coefficient (Wildman–Crippen LogP) is 4.50. The fourth-order valence-electron chi connectivity index (χ4n) is 2.48. The van der Waals surface area contributed by atoms with Gasteiger partial charge in [0.05, 0.1) is 21.4 Å². The molecule has 2 nitrogen and oxygen atoms in total. The second-order valence-corrected chi connectivity index (χ2v) is 7.17. The fraction of sp³-hybridized carbons (Fsp3) is 0.600. The minimum Gasteiger partial charge on any atom is -0.344 e. The molecule has 1 heterocycles. The summed E-state index contributed by atoms with van der Waals surface area (Å²) in [7, 11) is -1.09. The van der Waals surface area contributed by atoms with Crippen molar-refractivity contribution >= 4 is 28.1 Å². The van der Waals surface area contributed by atoms with Crippen LogP contribution in [0.1, 0.15) is 45.4 Å². The minimum atomic E-state index is -1.09. The third-order valence-corrected chi connectivity index (χ3v) is 5.67. The number of benzene rings is 1. The normalized spacial score (nSPS) is 21.7. The lowest BCUT2D eigenvalue weighted by atomic mass is 10.1. The van der Waals surface area contributed by atoms with Gasteiger partial charge in [0.1, 0.15) is 0 Å². The summed E-state index contributed by atoms with van der Waals surface area (Å²) in [6, 6.07) is 7.85. The smallest absolute Gasteiger partial charge is 0.185 e. The van der Waals surface area contributed by atoms with E-state index in [-0.39, 0.29) is 0 Å². The van der Waals surface area contributed by atoms with Crippen LogP contribution in [0, 0.1) is 0 Å². The monoisotopic (exact) mass is 299 g/mol. The lowest BCUT2D eigenvalue weighted by Gasteiger charge is -2.21. The summed E-state index contributed by atoms with van der Waals surface area (Å²) in [4.78, 5) is 2.58. The maximum atomic E-state index is 12.1. The van der Waals surface area contributed by atoms with Crippen molar-refractivity contribution in [2.75, 3.05) is 11.4 Å². The Labute approximate surface area is 123 Å². The van der Waals surface area contributed by atoms with Gasteiger partial charge in [-0.25, -0.2) is 0 Å². The topological polar surface area (TPSA) is 20.3 Å². The van der Waals surface area contributed by atoms with Crippen molar-refractivity contribution < 1.29 is 4.21 Å². The minimum absolute atomic E-state index is 0.395. The lowest BCUT2D eigenvalue weighted by molar-refractivity contribution is 0.602. The van der Waals surface area contributed by atoms with Gasteiger partial charge >= 0.3 is 0 Å². The third kappa shape index (κ3) is 3.51. The number of unbranched alkanes of at least 4 members (excludes halogenated alkanes) is 5. The standard InChI is InChI=1S/C15H22ClNOS/c1-2-3-4-5-6-9-12-17-13-10-7-8-11-14(13)19(18)15(17)16/h7-8,10-11,15H,2-6,9,12H2,1H3. The summed E-state index contributed by atoms with van der Waals surface area (Å²) in [5.41, 5.74) is 1.05. The number of hydrogen-bond acceptors (Lipinski definition) is 2. The molecule has 1 aliphatic rings. The van der Waals surface area contributed by atoms with E-state index < -0.39 is 15.6 Å². The number of alkyl halides is 1. The Kier molecular flexibility index (Phi) is 5.71. The molecular formula is C15H22ClNOS. The first-order valence-electron chi connectivity index (χ1n) is 7.16. The molecule has 1 aromatic rings. The van der Waals surface area contributed by atoms with Crippen molar-refractivity contribution in [1.29, 1.82) is 0 Å². The van der Waals surface area contributed by atoms with Gasteiger partial charge in [-0.1, -0.05) is 62.8 Å². The number of anilines is 1. The zero-order valence-electron chi connectivity index (χ0n) is 11.5. The van der Waals surface area contributed by atoms with Crippen molar-refractivity contribution in [2.45, 2.75) is 55.2 Å². The molecule has 2 rings (SSSR count). The molecule has 0 spiro atoms. The van der Waals surface area contributed by atoms with E-state index in [0.29, 0.717) is 0 Å². The van der Waals surface area contributed by atoms with Crippen LogP contribution in [0.25, 0.3) is 0 Å². The van der Waals surface area contributed by atoms with E-state index >= 15 is 0 Å². The summed E-state index contributed by atoms with van der Waals surface area (Å²) < 4.78 is 12.1. The Balaban J connectivity index is 1.85. The van der Waals surface area contributed by atoms with E-state index in [1.165, 1.54) is 32.1 Å². The number of hydrogen-bond donors (Lipinski definition) is 0. The summed E-state index contributed by atoms with van der Waals surface area (Å²) >= 11 is 6.28. The van der Waals surface area contributed by atoms with Crippen molar-refractivity contribution in [1.82, 2.24) is 0 Å². The quantitative estimate of drug-likeness (QED) is 0.420. The molecule has 0 N–H and O–H groups in total. The van der Waals surface area contributed by atoms with Crippen molar-refractivity contribution in [3.05, 3.63) is 24.3 Å². The highest BCUT2D eigenvalue weighted by molar-refractivity contribution is 7.87. The highest BCUT2D eigenvalue weighted by atomic mass is 35.5. The summed E-state index contributed by atoms with van der Waals surface area (Å²) in [6.45, 7) is 3.14. The Bertz CT molecular complexity index is 438. The van der Waals surface area contributed by atoms with Gasteiger partial charge in [0, 0.05) is 6.54 Å². The maximum Gasteiger partial charge on any atom is 0.185 e. The van der Waals surface area contributed by atoms with E-state index in [9.17, 15) is 4.21 Å². The first kappa shape index (κ1) is 14.9. The number of fused-ring (bicyclic) bond motifs is 1. The molecule has 2 unspecified atom stereocenters. The molecule has 1 aliphatic heterocycles. The molecule has 106 valence electrons. The fourth-order valence-corrected chi connectivity index (χ4v) is 4.23. The SMILES string of the molecule is CCCCCCCCN1c2ccccc2S(=O)C1Cl. The molecule has 0 aliphatic carbocycles. The zero-order chi connectivity index (χ0) is 13.7. The third-order valence-electron chi connectivity index (χ3n) is 3.57. The first-order chi connectivity index (χ1) is 9.25. The van der Waals surface area contributed by atoms with Crippen LogP contribution in [0.2, 0.25) is 0 Å². The van der Waals surface area contributed by atoms with Gasteiger partial charge in [-0.3, -0.25) is 4.21 Å². The van der Waals surface area contributed by atoms with Gasteiger partial charge in [0.2, 0.25) is 0 Å². The molecule has 0 fully saturated rings. The van der Waals surface area contributed by atoms with E-state index in [1.807, 2.05) is 24.3 Å². The Morgan fingerprint density at radius 2 is 1.84 bits per heavy atom. The van der Waals surface area contributed by atoms with Crippen LogP contribution in [0.15, 0.2) is 29.2 Å². The second kappa shape index (κ2) is 7.30. The van der Waals surface area contributed by atoms with Gasteiger partial charge in [-0.2, -0.15) is 0 Å². The van der Waals surface area contributed by atoms with Crippen LogP contribution >= 0.6 is 11.6 Å². The highest BCUT2D eigenvalue weighted by Crippen LogP contribution is 2.37. The average Bonchev–Trinajstić information content (AvgIpc) is 2.68. The van der Waals surface area contributed by atoms with Gasteiger partial charge in [0.25, 0.3) is 0 Å². The van der Waals surface area contributed by atoms with E-state index in [0.717, 1.165) is 23.5 Å². The van der Waals surface area contributed by atoms with Gasteiger partial charge in [0.15, 0.2) is 4.83 Å². The Morgan fingerprint density at radius 1 is 1.16 bits per heavy atom. The highest BCUT2D eigenvalue weighted by Gasteiger charge is 2.33. The summed E-state index contributed by atoms with van der Waals surface area (Å²) in [5, 5.41) is 0. The lowest BCUT2D eigenvalue weighted by Crippen LogP contribution is -2.29. The maximum absolute atomic E-state index is 12.1. The number of para-hydroxylation sites is 1. The zero-order valence-corrected chi connectivity index (χ0v) is 13.1. The van der Waals surface area contributed by atoms with Crippen LogP contribution in [-0.2, 0) is 10.8 Å². The molecule has 0 saturated heterocycles. The van der Waals surface area contributed by atoms with Crippen LogP contribution < -0.4 is 4.90 Å². The molecule has 0 saturated carbocycles. The Morgan fingerprint density at radius 3 is 2.63 bits per heavy atom. The van der Waals surface area contributed by atoms with Gasteiger partial charge in [-0.05, 0) is 18.6 Å². The van der Waals surface area contributed by atoms with Gasteiger partial charge < -0.3 is 4.90 Å². The molecule has 0 aromatic heterocycles. The predicted molar refractivity (Wildman–Crippen MR) is 83.2 cm³/mol. The average molecular weight is 300 g/mol. The van der Waals surface area contributed by atoms with Crippen molar-refractivity contribution in [3.8, 4) is 0 Å².